The van der Waals surface area contributed by atoms with Crippen molar-refractivity contribution in [2.45, 2.75) is 47.0 Å². The molecular formula is C15H21. The van der Waals surface area contributed by atoms with Crippen LogP contribution in [0.15, 0.2) is 12.1 Å². The zero-order valence-corrected chi connectivity index (χ0v) is 10.4. The largest absolute Gasteiger partial charge is 0.0845 e. The SMILES string of the molecule is [CH]=CCCCc1c(C)c(C)cc(C)c1C. The van der Waals surface area contributed by atoms with Crippen molar-refractivity contribution in [3.63, 3.8) is 0 Å². The third kappa shape index (κ3) is 2.71. The van der Waals surface area contributed by atoms with Crippen molar-refractivity contribution in [2.75, 3.05) is 0 Å². The van der Waals surface area contributed by atoms with Crippen LogP contribution in [0.1, 0.15) is 40.7 Å². The van der Waals surface area contributed by atoms with Crippen molar-refractivity contribution in [1.29, 1.82) is 0 Å². The Bertz CT molecular complexity index is 333. The van der Waals surface area contributed by atoms with E-state index in [2.05, 4.69) is 33.8 Å². The van der Waals surface area contributed by atoms with Crippen LogP contribution >= 0.6 is 0 Å². The lowest BCUT2D eigenvalue weighted by atomic mass is 9.91. The molecule has 0 heteroatoms. The Morgan fingerprint density at radius 2 is 1.60 bits per heavy atom. The predicted molar refractivity (Wildman–Crippen MR) is 67.2 cm³/mol. The van der Waals surface area contributed by atoms with Gasteiger partial charge in [-0.3, -0.25) is 0 Å². The maximum absolute atomic E-state index is 5.40. The molecule has 0 aliphatic rings. The molecule has 0 unspecified atom stereocenters. The first-order chi connectivity index (χ1) is 7.07. The van der Waals surface area contributed by atoms with E-state index in [0.29, 0.717) is 0 Å². The highest BCUT2D eigenvalue weighted by molar-refractivity contribution is 5.44. The summed E-state index contributed by atoms with van der Waals surface area (Å²) in [5, 5.41) is 0. The van der Waals surface area contributed by atoms with Crippen LogP contribution in [0, 0.1) is 34.3 Å². The first kappa shape index (κ1) is 12.0. The second kappa shape index (κ2) is 5.16. The second-order valence-electron chi connectivity index (χ2n) is 4.37. The molecule has 81 valence electrons. The molecule has 0 saturated carbocycles. The van der Waals surface area contributed by atoms with Crippen LogP contribution in [-0.2, 0) is 6.42 Å². The first-order valence-electron chi connectivity index (χ1n) is 5.67. The number of benzene rings is 1. The van der Waals surface area contributed by atoms with E-state index < -0.39 is 0 Å². The van der Waals surface area contributed by atoms with Gasteiger partial charge < -0.3 is 0 Å². The number of unbranched alkanes of at least 4 members (excludes halogenated alkanes) is 1. The van der Waals surface area contributed by atoms with Gasteiger partial charge in [0.15, 0.2) is 0 Å². The zero-order valence-electron chi connectivity index (χ0n) is 10.4. The van der Waals surface area contributed by atoms with Gasteiger partial charge in [-0.2, -0.15) is 0 Å². The monoisotopic (exact) mass is 201 g/mol. The van der Waals surface area contributed by atoms with E-state index in [1.807, 2.05) is 0 Å². The standard InChI is InChI=1S/C15H21/c1-6-7-8-9-15-13(4)11(2)10-12(3)14(15)5/h1,6,10H,7-9H2,2-5H3. The Labute approximate surface area is 94.0 Å². The minimum Gasteiger partial charge on any atom is -0.0845 e. The molecule has 0 aliphatic carbocycles. The topological polar surface area (TPSA) is 0 Å². The molecule has 15 heavy (non-hydrogen) atoms. The van der Waals surface area contributed by atoms with E-state index in [0.717, 1.165) is 19.3 Å². The van der Waals surface area contributed by atoms with Gasteiger partial charge in [-0.05, 0) is 74.8 Å². The molecule has 0 fully saturated rings. The summed E-state index contributed by atoms with van der Waals surface area (Å²) in [6.45, 7) is 14.2. The predicted octanol–water partition coefficient (Wildman–Crippen LogP) is 4.23. The Balaban J connectivity index is 2.98. The molecule has 1 aromatic rings. The summed E-state index contributed by atoms with van der Waals surface area (Å²) in [5.74, 6) is 0. The maximum atomic E-state index is 5.40. The third-order valence-corrected chi connectivity index (χ3v) is 3.32. The van der Waals surface area contributed by atoms with Crippen LogP contribution in [-0.4, -0.2) is 0 Å². The van der Waals surface area contributed by atoms with Crippen LogP contribution in [0.3, 0.4) is 0 Å². The summed E-state index contributed by atoms with van der Waals surface area (Å²) < 4.78 is 0. The average molecular weight is 201 g/mol. The quantitative estimate of drug-likeness (QED) is 0.639. The third-order valence-electron chi connectivity index (χ3n) is 3.32. The van der Waals surface area contributed by atoms with Crippen molar-refractivity contribution < 1.29 is 0 Å². The highest BCUT2D eigenvalue weighted by atomic mass is 14.1. The van der Waals surface area contributed by atoms with E-state index in [-0.39, 0.29) is 0 Å². The molecule has 0 heterocycles. The Hall–Kier alpha value is -1.04. The smallest absolute Gasteiger partial charge is 0.0270 e. The van der Waals surface area contributed by atoms with Gasteiger partial charge >= 0.3 is 0 Å². The van der Waals surface area contributed by atoms with Crippen LogP contribution < -0.4 is 0 Å². The Morgan fingerprint density at radius 1 is 1.07 bits per heavy atom. The molecule has 0 aromatic heterocycles. The molecule has 0 amide bonds. The van der Waals surface area contributed by atoms with Gasteiger partial charge in [0.05, 0.1) is 0 Å². The number of allylic oxidation sites excluding steroid dienone is 1. The van der Waals surface area contributed by atoms with Gasteiger partial charge in [0.1, 0.15) is 0 Å². The van der Waals surface area contributed by atoms with Crippen molar-refractivity contribution in [1.82, 2.24) is 0 Å². The van der Waals surface area contributed by atoms with Gasteiger partial charge in [-0.1, -0.05) is 18.7 Å². The molecule has 1 radical (unpaired) electrons. The number of hydrogen-bond acceptors (Lipinski definition) is 0. The Kier molecular flexibility index (Phi) is 4.14. The van der Waals surface area contributed by atoms with Crippen molar-refractivity contribution in [2.24, 2.45) is 0 Å². The molecule has 0 spiro atoms. The summed E-state index contributed by atoms with van der Waals surface area (Å²) >= 11 is 0. The molecule has 1 rings (SSSR count). The van der Waals surface area contributed by atoms with Crippen LogP contribution in [0.25, 0.3) is 0 Å². The highest BCUT2D eigenvalue weighted by Crippen LogP contribution is 2.23. The normalized spacial score (nSPS) is 10.4. The van der Waals surface area contributed by atoms with Crippen LogP contribution in [0.5, 0.6) is 0 Å². The highest BCUT2D eigenvalue weighted by Gasteiger charge is 2.07. The lowest BCUT2D eigenvalue weighted by molar-refractivity contribution is 0.829. The number of hydrogen-bond donors (Lipinski definition) is 0. The summed E-state index contributed by atoms with van der Waals surface area (Å²) in [7, 11) is 0. The molecular weight excluding hydrogens is 180 g/mol. The summed E-state index contributed by atoms with van der Waals surface area (Å²) in [6, 6.07) is 2.28. The van der Waals surface area contributed by atoms with E-state index in [9.17, 15) is 0 Å². The van der Waals surface area contributed by atoms with Crippen molar-refractivity contribution in [3.8, 4) is 0 Å². The number of rotatable bonds is 4. The summed E-state index contributed by atoms with van der Waals surface area (Å²) in [5.41, 5.74) is 7.24. The van der Waals surface area contributed by atoms with Gasteiger partial charge in [0, 0.05) is 0 Å². The van der Waals surface area contributed by atoms with E-state index in [4.69, 9.17) is 6.58 Å². The fraction of sp³-hybridized carbons (Fsp3) is 0.467. The molecule has 0 N–H and O–H groups in total. The van der Waals surface area contributed by atoms with Crippen LogP contribution in [0.2, 0.25) is 0 Å². The zero-order chi connectivity index (χ0) is 11.4. The summed E-state index contributed by atoms with van der Waals surface area (Å²) in [4.78, 5) is 0. The fourth-order valence-electron chi connectivity index (χ4n) is 2.07. The lowest BCUT2D eigenvalue weighted by Crippen LogP contribution is -1.99. The van der Waals surface area contributed by atoms with Crippen molar-refractivity contribution >= 4 is 0 Å². The van der Waals surface area contributed by atoms with E-state index in [1.165, 1.54) is 27.8 Å². The molecule has 0 nitrogen and oxygen atoms in total. The minimum absolute atomic E-state index is 1.01. The van der Waals surface area contributed by atoms with Crippen molar-refractivity contribution in [3.05, 3.63) is 46.5 Å². The molecule has 0 aliphatic heterocycles. The molecule has 1 aromatic carbocycles. The van der Waals surface area contributed by atoms with Gasteiger partial charge in [-0.15, -0.1) is 0 Å². The van der Waals surface area contributed by atoms with E-state index >= 15 is 0 Å². The van der Waals surface area contributed by atoms with Gasteiger partial charge in [0.25, 0.3) is 0 Å². The molecule has 0 bridgehead atoms. The lowest BCUT2D eigenvalue weighted by Gasteiger charge is -2.14. The van der Waals surface area contributed by atoms with Gasteiger partial charge in [-0.25, -0.2) is 0 Å². The second-order valence-corrected chi connectivity index (χ2v) is 4.37. The molecule has 0 saturated heterocycles. The first-order valence-corrected chi connectivity index (χ1v) is 5.67. The van der Waals surface area contributed by atoms with Gasteiger partial charge in [0.2, 0.25) is 0 Å². The average Bonchev–Trinajstić information content (AvgIpc) is 2.20. The maximum Gasteiger partial charge on any atom is -0.0270 e. The Morgan fingerprint density at radius 3 is 2.07 bits per heavy atom. The number of aryl methyl sites for hydroxylation is 2. The van der Waals surface area contributed by atoms with E-state index in [1.54, 1.807) is 6.08 Å². The summed E-state index contributed by atoms with van der Waals surface area (Å²) in [6.07, 6.45) is 5.06. The molecule has 0 atom stereocenters. The fourth-order valence-corrected chi connectivity index (χ4v) is 2.07. The minimum atomic E-state index is 1.01. The van der Waals surface area contributed by atoms with Crippen LogP contribution in [0.4, 0.5) is 0 Å².